The van der Waals surface area contributed by atoms with Crippen molar-refractivity contribution in [3.63, 3.8) is 0 Å². The van der Waals surface area contributed by atoms with Crippen LogP contribution in [0.5, 0.6) is 11.5 Å². The molecule has 0 aliphatic carbocycles. The molecule has 0 amide bonds. The van der Waals surface area contributed by atoms with Gasteiger partial charge in [-0.05, 0) is 37.3 Å². The maximum absolute atomic E-state index is 10.2. The third-order valence-electron chi connectivity index (χ3n) is 1.74. The lowest BCUT2D eigenvalue weighted by molar-refractivity contribution is -0.131. The van der Waals surface area contributed by atoms with Gasteiger partial charge in [-0.25, -0.2) is 4.79 Å². The molecule has 4 nitrogen and oxygen atoms in total. The number of hydrogen-bond acceptors (Lipinski definition) is 3. The van der Waals surface area contributed by atoms with E-state index in [1.54, 1.807) is 24.3 Å². The van der Waals surface area contributed by atoms with Crippen LogP contribution in [-0.2, 0) is 4.79 Å². The Bertz CT molecular complexity index is 354. The highest BCUT2D eigenvalue weighted by Crippen LogP contribution is 2.17. The zero-order valence-corrected chi connectivity index (χ0v) is 9.05. The highest BCUT2D eigenvalue weighted by atomic mass is 16.5. The van der Waals surface area contributed by atoms with E-state index in [-0.39, 0.29) is 6.61 Å². The van der Waals surface area contributed by atoms with Crippen molar-refractivity contribution in [2.24, 2.45) is 0 Å². The molecule has 1 aromatic carbocycles. The van der Waals surface area contributed by atoms with Crippen LogP contribution in [0, 0.1) is 0 Å². The van der Waals surface area contributed by atoms with E-state index in [0.717, 1.165) is 11.8 Å². The number of carbonyl (C=O) groups is 1. The van der Waals surface area contributed by atoms with E-state index >= 15 is 0 Å². The summed E-state index contributed by atoms with van der Waals surface area (Å²) in [4.78, 5) is 10.2. The van der Waals surface area contributed by atoms with Gasteiger partial charge < -0.3 is 14.6 Å². The molecule has 4 heteroatoms. The molecule has 0 saturated carbocycles. The Morgan fingerprint density at radius 1 is 1.25 bits per heavy atom. The molecule has 1 aromatic rings. The van der Waals surface area contributed by atoms with Crippen molar-refractivity contribution in [2.45, 2.75) is 6.92 Å². The second-order valence-corrected chi connectivity index (χ2v) is 2.96. The summed E-state index contributed by atoms with van der Waals surface area (Å²) in [6.07, 6.45) is 2.49. The summed E-state index contributed by atoms with van der Waals surface area (Å²) < 4.78 is 10.6. The molecule has 0 radical (unpaired) electrons. The van der Waals surface area contributed by atoms with Crippen molar-refractivity contribution >= 4 is 5.97 Å². The summed E-state index contributed by atoms with van der Waals surface area (Å²) in [7, 11) is 0. The highest BCUT2D eigenvalue weighted by Gasteiger charge is 1.94. The molecule has 1 N–H and O–H groups in total. The summed E-state index contributed by atoms with van der Waals surface area (Å²) in [6.45, 7) is 2.78. The van der Waals surface area contributed by atoms with Gasteiger partial charge in [-0.15, -0.1) is 0 Å². The van der Waals surface area contributed by atoms with E-state index in [1.165, 1.54) is 6.08 Å². The number of aliphatic carboxylic acids is 1. The summed E-state index contributed by atoms with van der Waals surface area (Å²) >= 11 is 0. The van der Waals surface area contributed by atoms with E-state index in [0.29, 0.717) is 12.4 Å². The van der Waals surface area contributed by atoms with Gasteiger partial charge in [0.1, 0.15) is 18.1 Å². The van der Waals surface area contributed by atoms with Crippen molar-refractivity contribution in [1.82, 2.24) is 0 Å². The summed E-state index contributed by atoms with van der Waals surface area (Å²) in [5, 5.41) is 8.35. The minimum absolute atomic E-state index is 0.236. The molecule has 0 unspecified atom stereocenters. The monoisotopic (exact) mass is 222 g/mol. The SMILES string of the molecule is CCOc1ccc(OCC=CC(=O)O)cc1. The van der Waals surface area contributed by atoms with Gasteiger partial charge in [0.15, 0.2) is 0 Å². The van der Waals surface area contributed by atoms with Gasteiger partial charge in [0, 0.05) is 6.08 Å². The first kappa shape index (κ1) is 12.1. The lowest BCUT2D eigenvalue weighted by atomic mass is 10.3. The van der Waals surface area contributed by atoms with Crippen LogP contribution in [0.4, 0.5) is 0 Å². The lowest BCUT2D eigenvalue weighted by Gasteiger charge is -2.05. The molecule has 0 atom stereocenters. The second kappa shape index (κ2) is 6.50. The average molecular weight is 222 g/mol. The number of ether oxygens (including phenoxy) is 2. The fourth-order valence-corrected chi connectivity index (χ4v) is 1.09. The first-order valence-electron chi connectivity index (χ1n) is 4.97. The van der Waals surface area contributed by atoms with Crippen molar-refractivity contribution in [2.75, 3.05) is 13.2 Å². The van der Waals surface area contributed by atoms with E-state index in [4.69, 9.17) is 14.6 Å². The topological polar surface area (TPSA) is 55.8 Å². The Balaban J connectivity index is 2.40. The molecule has 0 aliphatic heterocycles. The second-order valence-electron chi connectivity index (χ2n) is 2.96. The first-order chi connectivity index (χ1) is 7.72. The molecule has 16 heavy (non-hydrogen) atoms. The zero-order chi connectivity index (χ0) is 11.8. The third kappa shape index (κ3) is 4.50. The van der Waals surface area contributed by atoms with Crippen molar-refractivity contribution in [1.29, 1.82) is 0 Å². The van der Waals surface area contributed by atoms with Gasteiger partial charge in [0.05, 0.1) is 6.61 Å². The molecule has 0 aliphatic rings. The maximum Gasteiger partial charge on any atom is 0.328 e. The number of benzene rings is 1. The summed E-state index contributed by atoms with van der Waals surface area (Å²) in [5.74, 6) is 0.490. The molecule has 0 saturated heterocycles. The summed E-state index contributed by atoms with van der Waals surface area (Å²) in [5.41, 5.74) is 0. The molecular weight excluding hydrogens is 208 g/mol. The zero-order valence-electron chi connectivity index (χ0n) is 9.05. The Hall–Kier alpha value is -1.97. The molecule has 0 heterocycles. The maximum atomic E-state index is 10.2. The minimum atomic E-state index is -0.977. The normalized spacial score (nSPS) is 10.3. The van der Waals surface area contributed by atoms with E-state index in [1.807, 2.05) is 6.92 Å². The average Bonchev–Trinajstić information content (AvgIpc) is 2.27. The smallest absolute Gasteiger partial charge is 0.328 e. The van der Waals surface area contributed by atoms with Crippen LogP contribution in [-0.4, -0.2) is 24.3 Å². The van der Waals surface area contributed by atoms with Gasteiger partial charge in [0.2, 0.25) is 0 Å². The first-order valence-corrected chi connectivity index (χ1v) is 4.97. The Morgan fingerprint density at radius 2 is 1.81 bits per heavy atom. The molecular formula is C12H14O4. The van der Waals surface area contributed by atoms with Crippen molar-refractivity contribution in [3.05, 3.63) is 36.4 Å². The molecule has 86 valence electrons. The molecule has 1 rings (SSSR count). The minimum Gasteiger partial charge on any atom is -0.494 e. The van der Waals surface area contributed by atoms with Crippen LogP contribution in [0.3, 0.4) is 0 Å². The number of carboxylic acid groups (broad SMARTS) is 1. The van der Waals surface area contributed by atoms with Crippen LogP contribution in [0.1, 0.15) is 6.92 Å². The van der Waals surface area contributed by atoms with E-state index < -0.39 is 5.97 Å². The van der Waals surface area contributed by atoms with Crippen LogP contribution in [0.25, 0.3) is 0 Å². The standard InChI is InChI=1S/C12H14O4/c1-2-15-10-5-7-11(8-6-10)16-9-3-4-12(13)14/h3-8H,2,9H2,1H3,(H,13,14). The Kier molecular flexibility index (Phi) is 4.92. The van der Waals surface area contributed by atoms with Gasteiger partial charge in [0.25, 0.3) is 0 Å². The largest absolute Gasteiger partial charge is 0.494 e. The Labute approximate surface area is 94.1 Å². The lowest BCUT2D eigenvalue weighted by Crippen LogP contribution is -1.96. The van der Waals surface area contributed by atoms with Gasteiger partial charge in [-0.2, -0.15) is 0 Å². The predicted molar refractivity (Wildman–Crippen MR) is 59.9 cm³/mol. The van der Waals surface area contributed by atoms with Crippen LogP contribution < -0.4 is 9.47 Å². The fraction of sp³-hybridized carbons (Fsp3) is 0.250. The van der Waals surface area contributed by atoms with Crippen LogP contribution in [0.15, 0.2) is 36.4 Å². The number of carboxylic acids is 1. The number of rotatable bonds is 6. The molecule has 0 bridgehead atoms. The van der Waals surface area contributed by atoms with Crippen LogP contribution in [0.2, 0.25) is 0 Å². The number of hydrogen-bond donors (Lipinski definition) is 1. The molecule has 0 aromatic heterocycles. The fourth-order valence-electron chi connectivity index (χ4n) is 1.09. The third-order valence-corrected chi connectivity index (χ3v) is 1.74. The highest BCUT2D eigenvalue weighted by molar-refractivity contribution is 5.79. The quantitative estimate of drug-likeness (QED) is 0.749. The van der Waals surface area contributed by atoms with E-state index in [9.17, 15) is 4.79 Å². The molecule has 0 fully saturated rings. The van der Waals surface area contributed by atoms with E-state index in [2.05, 4.69) is 0 Å². The van der Waals surface area contributed by atoms with Crippen molar-refractivity contribution < 1.29 is 19.4 Å². The van der Waals surface area contributed by atoms with Gasteiger partial charge in [-0.1, -0.05) is 0 Å². The molecule has 0 spiro atoms. The van der Waals surface area contributed by atoms with Gasteiger partial charge >= 0.3 is 5.97 Å². The predicted octanol–water partition coefficient (Wildman–Crippen LogP) is 2.10. The van der Waals surface area contributed by atoms with Gasteiger partial charge in [-0.3, -0.25) is 0 Å². The Morgan fingerprint density at radius 3 is 2.31 bits per heavy atom. The summed E-state index contributed by atoms with van der Waals surface area (Å²) in [6, 6.07) is 7.17. The van der Waals surface area contributed by atoms with Crippen LogP contribution >= 0.6 is 0 Å². The van der Waals surface area contributed by atoms with Crippen molar-refractivity contribution in [3.8, 4) is 11.5 Å².